The van der Waals surface area contributed by atoms with Gasteiger partial charge >= 0.3 is 0 Å². The molecule has 4 rings (SSSR count). The summed E-state index contributed by atoms with van der Waals surface area (Å²) in [6.07, 6.45) is 6.55. The highest BCUT2D eigenvalue weighted by atomic mass is 79.9. The van der Waals surface area contributed by atoms with E-state index in [4.69, 9.17) is 11.6 Å². The van der Waals surface area contributed by atoms with E-state index in [9.17, 15) is 13.2 Å². The van der Waals surface area contributed by atoms with Crippen LogP contribution < -0.4 is 14.8 Å². The van der Waals surface area contributed by atoms with Crippen molar-refractivity contribution in [3.05, 3.63) is 98.2 Å². The second-order valence-corrected chi connectivity index (χ2v) is 11.2. The summed E-state index contributed by atoms with van der Waals surface area (Å²) in [5.74, 6) is -0.330. The van der Waals surface area contributed by atoms with Crippen LogP contribution in [0.4, 0.5) is 5.69 Å². The lowest BCUT2D eigenvalue weighted by molar-refractivity contribution is 0.0952. The SMILES string of the molecule is CC(CNC(=O)c1ccc(Br)cc1NS(=O)(=O)C1=CC=CN2SNC=C12)c1ccc(Cl)cc1. The fourth-order valence-electron chi connectivity index (χ4n) is 3.31. The van der Waals surface area contributed by atoms with Gasteiger partial charge in [-0.15, -0.1) is 0 Å². The molecule has 0 saturated heterocycles. The fraction of sp³-hybridized carbons (Fsp3) is 0.136. The molecule has 0 spiro atoms. The summed E-state index contributed by atoms with van der Waals surface area (Å²) in [7, 11) is -3.96. The van der Waals surface area contributed by atoms with Gasteiger partial charge in [0.1, 0.15) is 4.91 Å². The average Bonchev–Trinajstić information content (AvgIpc) is 3.26. The molecule has 1 unspecified atom stereocenters. The van der Waals surface area contributed by atoms with Crippen molar-refractivity contribution >= 4 is 61.3 Å². The summed E-state index contributed by atoms with van der Waals surface area (Å²) in [5, 5.41) is 3.54. The van der Waals surface area contributed by atoms with Crippen LogP contribution in [-0.4, -0.2) is 25.2 Å². The molecule has 2 aromatic rings. The molecule has 0 aromatic heterocycles. The number of carbonyl (C=O) groups is 1. The minimum atomic E-state index is -3.96. The largest absolute Gasteiger partial charge is 0.351 e. The lowest BCUT2D eigenvalue weighted by Gasteiger charge is -2.21. The van der Waals surface area contributed by atoms with Crippen LogP contribution in [0.15, 0.2) is 82.1 Å². The van der Waals surface area contributed by atoms with Crippen molar-refractivity contribution in [2.24, 2.45) is 0 Å². The number of rotatable bonds is 7. The number of hydrogen-bond donors (Lipinski definition) is 3. The predicted molar refractivity (Wildman–Crippen MR) is 137 cm³/mol. The van der Waals surface area contributed by atoms with Crippen LogP contribution >= 0.6 is 39.7 Å². The van der Waals surface area contributed by atoms with E-state index in [0.29, 0.717) is 21.7 Å². The monoisotopic (exact) mass is 566 g/mol. The Kier molecular flexibility index (Phi) is 7.08. The number of hydrogen-bond acceptors (Lipinski definition) is 6. The van der Waals surface area contributed by atoms with E-state index in [-0.39, 0.29) is 28.0 Å². The highest BCUT2D eigenvalue weighted by Gasteiger charge is 2.30. The maximum Gasteiger partial charge on any atom is 0.264 e. The second-order valence-electron chi connectivity index (χ2n) is 7.39. The molecule has 0 bridgehead atoms. The first kappa shape index (κ1) is 23.7. The minimum absolute atomic E-state index is 0.0475. The molecule has 0 aliphatic carbocycles. The summed E-state index contributed by atoms with van der Waals surface area (Å²) in [6, 6.07) is 12.3. The topological polar surface area (TPSA) is 90.5 Å². The lowest BCUT2D eigenvalue weighted by Crippen LogP contribution is -2.29. The molecule has 0 saturated carbocycles. The fourth-order valence-corrected chi connectivity index (χ4v) is 5.77. The normalized spacial score (nSPS) is 15.8. The Hall–Kier alpha value is -2.40. The quantitative estimate of drug-likeness (QED) is 0.404. The minimum Gasteiger partial charge on any atom is -0.351 e. The predicted octanol–water partition coefficient (Wildman–Crippen LogP) is 5.10. The smallest absolute Gasteiger partial charge is 0.264 e. The van der Waals surface area contributed by atoms with Crippen LogP contribution in [0.1, 0.15) is 28.8 Å². The Morgan fingerprint density at radius 3 is 2.76 bits per heavy atom. The summed E-state index contributed by atoms with van der Waals surface area (Å²) in [6.45, 7) is 2.37. The number of carbonyl (C=O) groups excluding carboxylic acids is 1. The second kappa shape index (κ2) is 9.84. The number of nitrogens with zero attached hydrogens (tertiary/aromatic N) is 1. The summed E-state index contributed by atoms with van der Waals surface area (Å²) in [4.78, 5) is 13.1. The maximum atomic E-state index is 13.2. The molecule has 2 aliphatic rings. The van der Waals surface area contributed by atoms with Crippen molar-refractivity contribution in [3.63, 3.8) is 0 Å². The molecular formula is C22H20BrClN4O3S2. The van der Waals surface area contributed by atoms with E-state index in [2.05, 4.69) is 30.7 Å². The van der Waals surface area contributed by atoms with Gasteiger partial charge in [0.2, 0.25) is 0 Å². The number of fused-ring (bicyclic) bond motifs is 1. The third-order valence-electron chi connectivity index (χ3n) is 5.07. The molecule has 2 aromatic carbocycles. The number of benzene rings is 2. The summed E-state index contributed by atoms with van der Waals surface area (Å²) < 4.78 is 34.2. The summed E-state index contributed by atoms with van der Waals surface area (Å²) >= 11 is 10.6. The van der Waals surface area contributed by atoms with Crippen molar-refractivity contribution in [3.8, 4) is 0 Å². The molecule has 1 atom stereocenters. The molecule has 11 heteroatoms. The van der Waals surface area contributed by atoms with Gasteiger partial charge in [0, 0.05) is 28.4 Å². The summed E-state index contributed by atoms with van der Waals surface area (Å²) in [5.41, 5.74) is 1.95. The van der Waals surface area contributed by atoms with Crippen molar-refractivity contribution in [1.29, 1.82) is 0 Å². The highest BCUT2D eigenvalue weighted by molar-refractivity contribution is 9.10. The first-order valence-electron chi connectivity index (χ1n) is 9.91. The molecule has 2 aliphatic heterocycles. The van der Waals surface area contributed by atoms with Crippen LogP contribution in [0.3, 0.4) is 0 Å². The molecule has 2 heterocycles. The van der Waals surface area contributed by atoms with Crippen molar-refractivity contribution < 1.29 is 13.2 Å². The maximum absolute atomic E-state index is 13.2. The molecule has 33 heavy (non-hydrogen) atoms. The van der Waals surface area contributed by atoms with E-state index in [1.165, 1.54) is 18.2 Å². The van der Waals surface area contributed by atoms with Crippen LogP contribution in [0.2, 0.25) is 5.02 Å². The number of halogens is 2. The van der Waals surface area contributed by atoms with E-state index in [0.717, 1.165) is 5.56 Å². The van der Waals surface area contributed by atoms with Gasteiger partial charge in [-0.05, 0) is 54.0 Å². The third-order valence-corrected chi connectivity index (χ3v) is 7.97. The molecular weight excluding hydrogens is 548 g/mol. The zero-order chi connectivity index (χ0) is 23.6. The number of amides is 1. The Bertz CT molecular complexity index is 1280. The van der Waals surface area contributed by atoms with E-state index >= 15 is 0 Å². The van der Waals surface area contributed by atoms with Gasteiger partial charge in [-0.2, -0.15) is 0 Å². The molecule has 1 amide bonds. The number of allylic oxidation sites excluding steroid dienone is 2. The molecule has 0 fully saturated rings. The van der Waals surface area contributed by atoms with Gasteiger partial charge in [0.25, 0.3) is 15.9 Å². The van der Waals surface area contributed by atoms with Gasteiger partial charge in [-0.25, -0.2) is 8.42 Å². The van der Waals surface area contributed by atoms with Crippen LogP contribution in [-0.2, 0) is 10.0 Å². The lowest BCUT2D eigenvalue weighted by atomic mass is 10.0. The standard InChI is InChI=1S/C22H20BrClN4O3S2/c1-14(15-4-7-17(24)8-5-15)12-25-22(29)18-9-6-16(23)11-19(18)27-33(30,31)21-3-2-10-28-20(21)13-26-32-28/h2-11,13-14,26-27H,12H2,1H3,(H,25,29). The van der Waals surface area contributed by atoms with Gasteiger partial charge in [0.05, 0.1) is 29.1 Å². The number of nitrogens with one attached hydrogen (secondary N) is 3. The molecule has 3 N–H and O–H groups in total. The van der Waals surface area contributed by atoms with Crippen LogP contribution in [0.5, 0.6) is 0 Å². The van der Waals surface area contributed by atoms with Gasteiger partial charge in [-0.3, -0.25) is 13.8 Å². The zero-order valence-electron chi connectivity index (χ0n) is 17.4. The average molecular weight is 568 g/mol. The number of sulfonamides is 1. The first-order valence-corrected chi connectivity index (χ1v) is 13.3. The van der Waals surface area contributed by atoms with E-state index in [1.807, 2.05) is 19.1 Å². The van der Waals surface area contributed by atoms with E-state index in [1.54, 1.807) is 53.1 Å². The Labute approximate surface area is 210 Å². The van der Waals surface area contributed by atoms with Crippen molar-refractivity contribution in [1.82, 2.24) is 14.3 Å². The zero-order valence-corrected chi connectivity index (χ0v) is 21.4. The highest BCUT2D eigenvalue weighted by Crippen LogP contribution is 2.34. The Morgan fingerprint density at radius 2 is 2.00 bits per heavy atom. The van der Waals surface area contributed by atoms with Gasteiger partial charge < -0.3 is 10.0 Å². The van der Waals surface area contributed by atoms with E-state index < -0.39 is 10.0 Å². The van der Waals surface area contributed by atoms with Gasteiger partial charge in [-0.1, -0.05) is 46.6 Å². The molecule has 0 radical (unpaired) electrons. The van der Waals surface area contributed by atoms with Crippen molar-refractivity contribution in [2.75, 3.05) is 11.3 Å². The molecule has 7 nitrogen and oxygen atoms in total. The van der Waals surface area contributed by atoms with Crippen LogP contribution in [0.25, 0.3) is 0 Å². The third kappa shape index (κ3) is 5.40. The van der Waals surface area contributed by atoms with Gasteiger partial charge in [0.15, 0.2) is 0 Å². The molecule has 172 valence electrons. The Balaban J connectivity index is 1.52. The Morgan fingerprint density at radius 1 is 1.24 bits per heavy atom. The first-order chi connectivity index (χ1) is 15.7. The number of anilines is 1. The van der Waals surface area contributed by atoms with Crippen molar-refractivity contribution in [2.45, 2.75) is 12.8 Å². The van der Waals surface area contributed by atoms with Crippen LogP contribution in [0, 0.1) is 0 Å².